The fourth-order valence-corrected chi connectivity index (χ4v) is 3.86. The number of phenols is 1. The summed E-state index contributed by atoms with van der Waals surface area (Å²) in [6.07, 6.45) is 4.08. The first kappa shape index (κ1) is 21.3. The van der Waals surface area contributed by atoms with Crippen LogP contribution in [0.15, 0.2) is 52.7 Å². The van der Waals surface area contributed by atoms with Crippen LogP contribution in [-0.2, 0) is 16.0 Å². The number of aromatic hydroxyl groups is 1. The summed E-state index contributed by atoms with van der Waals surface area (Å²) in [5.41, 5.74) is 7.96. The van der Waals surface area contributed by atoms with Gasteiger partial charge in [0, 0.05) is 18.5 Å². The van der Waals surface area contributed by atoms with E-state index in [1.54, 1.807) is 13.0 Å². The maximum Gasteiger partial charge on any atom is 0.303 e. The zero-order chi connectivity index (χ0) is 22.7. The van der Waals surface area contributed by atoms with Crippen molar-refractivity contribution in [2.75, 3.05) is 12.0 Å². The molecule has 1 amide bonds. The summed E-state index contributed by atoms with van der Waals surface area (Å²) in [5.74, 6) is -1.25. The number of rotatable bonds is 7. The fourth-order valence-electron chi connectivity index (χ4n) is 3.86. The van der Waals surface area contributed by atoms with Gasteiger partial charge in [-0.2, -0.15) is 10.2 Å². The molecular formula is C24H24N4O4. The Morgan fingerprint density at radius 2 is 2.00 bits per heavy atom. The van der Waals surface area contributed by atoms with Crippen molar-refractivity contribution in [3.63, 3.8) is 0 Å². The van der Waals surface area contributed by atoms with Gasteiger partial charge in [-0.1, -0.05) is 42.5 Å². The average Bonchev–Trinajstić information content (AvgIpc) is 3.05. The van der Waals surface area contributed by atoms with Gasteiger partial charge in [0.25, 0.3) is 5.91 Å². The number of phenolic OH excluding ortho intramolecular Hbond substituents is 1. The molecule has 0 spiro atoms. The second kappa shape index (κ2) is 9.05. The number of amides is 1. The first-order chi connectivity index (χ1) is 15.4. The molecule has 0 bridgehead atoms. The maximum atomic E-state index is 12.6. The molecule has 0 unspecified atom stereocenters. The molecule has 0 aromatic heterocycles. The minimum Gasteiger partial charge on any atom is -0.505 e. The Labute approximate surface area is 185 Å². The van der Waals surface area contributed by atoms with Gasteiger partial charge in [0.2, 0.25) is 0 Å². The van der Waals surface area contributed by atoms with Gasteiger partial charge >= 0.3 is 5.97 Å². The highest BCUT2D eigenvalue weighted by Gasteiger charge is 2.29. The molecule has 0 saturated carbocycles. The number of hydrogen-bond acceptors (Lipinski definition) is 6. The number of allylic oxidation sites excluding steroid dienone is 1. The van der Waals surface area contributed by atoms with Crippen LogP contribution in [0, 0.1) is 0 Å². The summed E-state index contributed by atoms with van der Waals surface area (Å²) in [4.78, 5) is 23.2. The van der Waals surface area contributed by atoms with Crippen molar-refractivity contribution in [1.82, 2.24) is 5.01 Å². The smallest absolute Gasteiger partial charge is 0.303 e. The van der Waals surface area contributed by atoms with E-state index in [0.29, 0.717) is 17.8 Å². The van der Waals surface area contributed by atoms with Gasteiger partial charge in [-0.05, 0) is 49.0 Å². The van der Waals surface area contributed by atoms with E-state index < -0.39 is 11.9 Å². The third-order valence-corrected chi connectivity index (χ3v) is 5.53. The SMILES string of the molecule is CC1=NN(CCCC(=O)O)C(=O)/C1=N\Nc1cccc(C2=Cc3ccccc3CC2)c1O. The van der Waals surface area contributed by atoms with Crippen LogP contribution in [0.1, 0.15) is 42.9 Å². The van der Waals surface area contributed by atoms with Gasteiger partial charge in [-0.15, -0.1) is 0 Å². The number of hydrazone groups is 2. The van der Waals surface area contributed by atoms with Crippen LogP contribution in [0.2, 0.25) is 0 Å². The van der Waals surface area contributed by atoms with E-state index in [2.05, 4.69) is 33.8 Å². The molecular weight excluding hydrogens is 408 g/mol. The number of para-hydroxylation sites is 1. The van der Waals surface area contributed by atoms with E-state index in [1.807, 2.05) is 24.3 Å². The van der Waals surface area contributed by atoms with Gasteiger partial charge in [-0.25, -0.2) is 5.01 Å². The van der Waals surface area contributed by atoms with Gasteiger partial charge in [0.15, 0.2) is 5.71 Å². The Bertz CT molecular complexity index is 1170. The predicted molar refractivity (Wildman–Crippen MR) is 123 cm³/mol. The van der Waals surface area contributed by atoms with E-state index >= 15 is 0 Å². The summed E-state index contributed by atoms with van der Waals surface area (Å²) in [7, 11) is 0. The molecule has 0 fully saturated rings. The number of carboxylic acids is 1. The number of fused-ring (bicyclic) bond motifs is 1. The number of carbonyl (C=O) groups is 2. The van der Waals surface area contributed by atoms with E-state index in [9.17, 15) is 14.7 Å². The third-order valence-electron chi connectivity index (χ3n) is 5.53. The van der Waals surface area contributed by atoms with Gasteiger partial charge in [-0.3, -0.25) is 15.0 Å². The zero-order valence-corrected chi connectivity index (χ0v) is 17.7. The van der Waals surface area contributed by atoms with Gasteiger partial charge in [0.05, 0.1) is 11.4 Å². The molecule has 2 aliphatic rings. The van der Waals surface area contributed by atoms with Crippen molar-refractivity contribution < 1.29 is 19.8 Å². The normalized spacial score (nSPS) is 16.6. The first-order valence-corrected chi connectivity index (χ1v) is 10.5. The van der Waals surface area contributed by atoms with Gasteiger partial charge in [0.1, 0.15) is 5.75 Å². The van der Waals surface area contributed by atoms with Crippen LogP contribution in [-0.4, -0.2) is 45.1 Å². The van der Waals surface area contributed by atoms with Crippen LogP contribution in [0.3, 0.4) is 0 Å². The number of anilines is 1. The number of carboxylic acid groups (broad SMARTS) is 1. The fraction of sp³-hybridized carbons (Fsp3) is 0.250. The molecule has 8 heteroatoms. The molecule has 2 aromatic carbocycles. The molecule has 32 heavy (non-hydrogen) atoms. The summed E-state index contributed by atoms with van der Waals surface area (Å²) >= 11 is 0. The highest BCUT2D eigenvalue weighted by molar-refractivity contribution is 6.68. The predicted octanol–water partition coefficient (Wildman–Crippen LogP) is 3.73. The van der Waals surface area contributed by atoms with E-state index in [1.165, 1.54) is 10.6 Å². The molecule has 1 aliphatic carbocycles. The van der Waals surface area contributed by atoms with Crippen molar-refractivity contribution in [1.29, 1.82) is 0 Å². The monoisotopic (exact) mass is 432 g/mol. The number of benzene rings is 2. The standard InChI is InChI=1S/C24H24N4O4/c1-15-22(24(32)28(27-15)13-5-10-21(29)30)26-25-20-9-4-8-19(23(20)31)18-12-11-16-6-2-3-7-17(16)14-18/h2-4,6-9,14,25,31H,5,10-13H2,1H3,(H,29,30)/b26-22-. The lowest BCUT2D eigenvalue weighted by Crippen LogP contribution is -2.29. The molecule has 4 rings (SSSR count). The molecule has 1 heterocycles. The Balaban J connectivity index is 1.51. The summed E-state index contributed by atoms with van der Waals surface area (Å²) in [5, 5.41) is 29.2. The van der Waals surface area contributed by atoms with Crippen molar-refractivity contribution in [3.05, 3.63) is 59.2 Å². The number of nitrogens with zero attached hydrogens (tertiary/aromatic N) is 3. The second-order valence-electron chi connectivity index (χ2n) is 7.75. The lowest BCUT2D eigenvalue weighted by atomic mass is 9.88. The van der Waals surface area contributed by atoms with Crippen LogP contribution in [0.25, 0.3) is 11.6 Å². The minimum atomic E-state index is -0.917. The quantitative estimate of drug-likeness (QED) is 0.456. The number of aliphatic carboxylic acids is 1. The number of hydrogen-bond donors (Lipinski definition) is 3. The topological polar surface area (TPSA) is 115 Å². The highest BCUT2D eigenvalue weighted by Crippen LogP contribution is 2.38. The number of aryl methyl sites for hydroxylation is 1. The number of nitrogens with one attached hydrogen (secondary N) is 1. The molecule has 1 aliphatic heterocycles. The molecule has 2 aromatic rings. The third kappa shape index (κ3) is 4.39. The second-order valence-corrected chi connectivity index (χ2v) is 7.75. The number of carbonyl (C=O) groups excluding carboxylic acids is 1. The molecule has 0 atom stereocenters. The van der Waals surface area contributed by atoms with Crippen molar-refractivity contribution in [2.45, 2.75) is 32.6 Å². The maximum absolute atomic E-state index is 12.6. The summed E-state index contributed by atoms with van der Waals surface area (Å²) in [6, 6.07) is 13.6. The van der Waals surface area contributed by atoms with E-state index in [4.69, 9.17) is 5.11 Å². The summed E-state index contributed by atoms with van der Waals surface area (Å²) in [6.45, 7) is 1.87. The van der Waals surface area contributed by atoms with Crippen LogP contribution in [0.4, 0.5) is 5.69 Å². The van der Waals surface area contributed by atoms with E-state index in [-0.39, 0.29) is 24.4 Å². The van der Waals surface area contributed by atoms with Crippen molar-refractivity contribution >= 4 is 40.6 Å². The lowest BCUT2D eigenvalue weighted by Gasteiger charge is -2.18. The lowest BCUT2D eigenvalue weighted by molar-refractivity contribution is -0.137. The van der Waals surface area contributed by atoms with Crippen molar-refractivity contribution in [3.8, 4) is 5.75 Å². The molecule has 0 saturated heterocycles. The molecule has 8 nitrogen and oxygen atoms in total. The Hall–Kier alpha value is -3.94. The Morgan fingerprint density at radius 1 is 1.19 bits per heavy atom. The summed E-state index contributed by atoms with van der Waals surface area (Å²) < 4.78 is 0. The van der Waals surface area contributed by atoms with Gasteiger partial charge < -0.3 is 10.2 Å². The van der Waals surface area contributed by atoms with Crippen molar-refractivity contribution in [2.24, 2.45) is 10.2 Å². The molecule has 0 radical (unpaired) electrons. The Morgan fingerprint density at radius 3 is 2.81 bits per heavy atom. The molecule has 3 N–H and O–H groups in total. The Kier molecular flexibility index (Phi) is 6.02. The average molecular weight is 432 g/mol. The van der Waals surface area contributed by atoms with Crippen LogP contribution in [0.5, 0.6) is 5.75 Å². The van der Waals surface area contributed by atoms with Crippen LogP contribution < -0.4 is 5.43 Å². The first-order valence-electron chi connectivity index (χ1n) is 10.5. The van der Waals surface area contributed by atoms with E-state index in [0.717, 1.165) is 29.5 Å². The van der Waals surface area contributed by atoms with Crippen LogP contribution >= 0.6 is 0 Å². The highest BCUT2D eigenvalue weighted by atomic mass is 16.4. The largest absolute Gasteiger partial charge is 0.505 e. The molecule has 164 valence electrons. The zero-order valence-electron chi connectivity index (χ0n) is 17.7. The minimum absolute atomic E-state index is 0.0376.